The Balaban J connectivity index is 2.77. The Kier molecular flexibility index (Phi) is 8.48. The lowest BCUT2D eigenvalue weighted by Gasteiger charge is -2.12. The third-order valence-corrected chi connectivity index (χ3v) is 4.98. The molecule has 0 bridgehead atoms. The summed E-state index contributed by atoms with van der Waals surface area (Å²) in [5.41, 5.74) is 4.77. The molecule has 2 nitrogen and oxygen atoms in total. The number of Topliss-reactive ketones (excluding diaryl/α,β-unsaturated/α-hetero) is 1. The number of carbonyl (C=O) groups excluding carboxylic acids is 1. The predicted molar refractivity (Wildman–Crippen MR) is 108 cm³/mol. The molecule has 0 fully saturated rings. The summed E-state index contributed by atoms with van der Waals surface area (Å²) in [6.07, 6.45) is 4.75. The van der Waals surface area contributed by atoms with Crippen LogP contribution >= 0.6 is 11.8 Å². The van der Waals surface area contributed by atoms with Crippen molar-refractivity contribution in [2.45, 2.75) is 47.0 Å². The van der Waals surface area contributed by atoms with Crippen molar-refractivity contribution in [3.8, 4) is 0 Å². The maximum atomic E-state index is 11.4. The first kappa shape index (κ1) is 20.2. The minimum atomic E-state index is -0.0194. The minimum Gasteiger partial charge on any atom is -0.294 e. The molecule has 0 saturated carbocycles. The highest BCUT2D eigenvalue weighted by Crippen LogP contribution is 2.32. The van der Waals surface area contributed by atoms with E-state index in [2.05, 4.69) is 49.3 Å². The molecule has 0 unspecified atom stereocenters. The molecule has 0 aromatic heterocycles. The highest BCUT2D eigenvalue weighted by atomic mass is 32.2. The number of aliphatic imine (C=N–C) groups is 1. The van der Waals surface area contributed by atoms with Crippen molar-refractivity contribution in [3.63, 3.8) is 0 Å². The van der Waals surface area contributed by atoms with E-state index in [1.54, 1.807) is 0 Å². The molecule has 0 aliphatic carbocycles. The number of ketones is 1. The van der Waals surface area contributed by atoms with Gasteiger partial charge >= 0.3 is 0 Å². The lowest BCUT2D eigenvalue weighted by molar-refractivity contribution is -0.112. The van der Waals surface area contributed by atoms with Crippen molar-refractivity contribution in [3.05, 3.63) is 69.6 Å². The number of carbonyl (C=O) groups is 1. The van der Waals surface area contributed by atoms with Gasteiger partial charge < -0.3 is 0 Å². The van der Waals surface area contributed by atoms with Crippen LogP contribution in [0.15, 0.2) is 63.5 Å². The number of hydrogen-bond donors (Lipinski definition) is 0. The van der Waals surface area contributed by atoms with Gasteiger partial charge in [0, 0.05) is 21.7 Å². The lowest BCUT2D eigenvalue weighted by Crippen LogP contribution is -1.95. The summed E-state index contributed by atoms with van der Waals surface area (Å²) < 4.78 is 0. The number of nitrogens with zero attached hydrogens (tertiary/aromatic N) is 1. The van der Waals surface area contributed by atoms with Crippen LogP contribution in [-0.4, -0.2) is 12.0 Å². The fourth-order valence-corrected chi connectivity index (χ4v) is 3.01. The summed E-state index contributed by atoms with van der Waals surface area (Å²) >= 11 is 1.33. The van der Waals surface area contributed by atoms with E-state index in [-0.39, 0.29) is 5.78 Å². The van der Waals surface area contributed by atoms with Gasteiger partial charge in [0.15, 0.2) is 5.78 Å². The number of benzene rings is 1. The standard InChI is InChI=1S/C21H27NOS/c1-7-22-21(16(3)18(5)24-19(6)17(4)23)14-10-13-20-12-9-8-11-15(20)2/h7-9,11-12H,5-6,10,13-14H2,1-4H3/b21-16-,22-7?. The molecular weight excluding hydrogens is 314 g/mol. The van der Waals surface area contributed by atoms with E-state index in [0.717, 1.165) is 35.4 Å². The maximum Gasteiger partial charge on any atom is 0.165 e. The predicted octanol–water partition coefficient (Wildman–Crippen LogP) is 6.03. The minimum absolute atomic E-state index is 0.0194. The van der Waals surface area contributed by atoms with Gasteiger partial charge in [0.1, 0.15) is 0 Å². The fourth-order valence-electron chi connectivity index (χ4n) is 2.30. The normalized spacial score (nSPS) is 12.2. The van der Waals surface area contributed by atoms with Crippen molar-refractivity contribution in [2.75, 3.05) is 0 Å². The molecule has 0 spiro atoms. The second-order valence-corrected chi connectivity index (χ2v) is 6.93. The van der Waals surface area contributed by atoms with Crippen LogP contribution in [0.2, 0.25) is 0 Å². The number of hydrogen-bond acceptors (Lipinski definition) is 3. The Morgan fingerprint density at radius 2 is 1.88 bits per heavy atom. The molecule has 0 N–H and O–H groups in total. The average molecular weight is 342 g/mol. The van der Waals surface area contributed by atoms with E-state index in [9.17, 15) is 4.79 Å². The van der Waals surface area contributed by atoms with Gasteiger partial charge in [0.05, 0.1) is 0 Å². The summed E-state index contributed by atoms with van der Waals surface area (Å²) in [6.45, 7) is 15.5. The van der Waals surface area contributed by atoms with E-state index < -0.39 is 0 Å². The van der Waals surface area contributed by atoms with Gasteiger partial charge in [-0.3, -0.25) is 9.79 Å². The summed E-state index contributed by atoms with van der Waals surface area (Å²) in [7, 11) is 0. The van der Waals surface area contributed by atoms with Crippen LogP contribution in [-0.2, 0) is 11.2 Å². The van der Waals surface area contributed by atoms with Crippen molar-refractivity contribution in [1.29, 1.82) is 0 Å². The number of aryl methyl sites for hydroxylation is 2. The van der Waals surface area contributed by atoms with Crippen molar-refractivity contribution < 1.29 is 4.79 Å². The summed E-state index contributed by atoms with van der Waals surface area (Å²) in [5, 5.41) is 0. The van der Waals surface area contributed by atoms with Gasteiger partial charge in [-0.05, 0) is 63.7 Å². The zero-order chi connectivity index (χ0) is 18.1. The molecule has 0 saturated heterocycles. The molecule has 0 atom stereocenters. The second-order valence-electron chi connectivity index (χ2n) is 5.74. The van der Waals surface area contributed by atoms with Crippen LogP contribution in [0.3, 0.4) is 0 Å². The zero-order valence-electron chi connectivity index (χ0n) is 15.2. The molecule has 1 aromatic carbocycles. The van der Waals surface area contributed by atoms with Crippen LogP contribution in [0.25, 0.3) is 0 Å². The fraction of sp³-hybridized carbons (Fsp3) is 0.333. The average Bonchev–Trinajstić information content (AvgIpc) is 2.54. The molecule has 1 aromatic rings. The third-order valence-electron chi connectivity index (χ3n) is 3.90. The van der Waals surface area contributed by atoms with Crippen molar-refractivity contribution >= 4 is 23.8 Å². The van der Waals surface area contributed by atoms with Crippen molar-refractivity contribution in [1.82, 2.24) is 0 Å². The van der Waals surface area contributed by atoms with Gasteiger partial charge in [-0.2, -0.15) is 0 Å². The van der Waals surface area contributed by atoms with Gasteiger partial charge in [-0.25, -0.2) is 0 Å². The Morgan fingerprint density at radius 1 is 1.21 bits per heavy atom. The van der Waals surface area contributed by atoms with Crippen LogP contribution in [0.4, 0.5) is 0 Å². The van der Waals surface area contributed by atoms with Crippen molar-refractivity contribution in [2.24, 2.45) is 4.99 Å². The van der Waals surface area contributed by atoms with E-state index in [4.69, 9.17) is 0 Å². The zero-order valence-corrected chi connectivity index (χ0v) is 16.0. The third kappa shape index (κ3) is 6.32. The van der Waals surface area contributed by atoms with Crippen LogP contribution < -0.4 is 0 Å². The Morgan fingerprint density at radius 3 is 2.46 bits per heavy atom. The van der Waals surface area contributed by atoms with E-state index in [0.29, 0.717) is 4.91 Å². The largest absolute Gasteiger partial charge is 0.294 e. The lowest BCUT2D eigenvalue weighted by atomic mass is 10.0. The van der Waals surface area contributed by atoms with Gasteiger partial charge in [-0.15, -0.1) is 0 Å². The van der Waals surface area contributed by atoms with Crippen LogP contribution in [0.1, 0.15) is 44.7 Å². The van der Waals surface area contributed by atoms with E-state index >= 15 is 0 Å². The quantitative estimate of drug-likeness (QED) is 0.312. The summed E-state index contributed by atoms with van der Waals surface area (Å²) in [4.78, 5) is 17.2. The first-order chi connectivity index (χ1) is 11.4. The first-order valence-corrected chi connectivity index (χ1v) is 8.98. The van der Waals surface area contributed by atoms with Gasteiger partial charge in [0.25, 0.3) is 0 Å². The monoisotopic (exact) mass is 341 g/mol. The van der Waals surface area contributed by atoms with Gasteiger partial charge in [0.2, 0.25) is 0 Å². The molecule has 0 amide bonds. The number of rotatable bonds is 9. The molecule has 0 radical (unpaired) electrons. The Bertz CT molecular complexity index is 683. The molecule has 3 heteroatoms. The first-order valence-electron chi connectivity index (χ1n) is 8.16. The number of thioether (sulfide) groups is 1. The van der Waals surface area contributed by atoms with E-state index in [1.807, 2.05) is 20.1 Å². The smallest absolute Gasteiger partial charge is 0.165 e. The molecule has 24 heavy (non-hydrogen) atoms. The van der Waals surface area contributed by atoms with E-state index in [1.165, 1.54) is 29.8 Å². The number of allylic oxidation sites excluding steroid dienone is 3. The second kappa shape index (κ2) is 10.1. The molecular formula is C21H27NOS. The molecule has 0 heterocycles. The molecule has 1 rings (SSSR count). The van der Waals surface area contributed by atoms with Crippen LogP contribution in [0, 0.1) is 6.92 Å². The Hall–Kier alpha value is -1.87. The topological polar surface area (TPSA) is 29.4 Å². The summed E-state index contributed by atoms with van der Waals surface area (Å²) in [6, 6.07) is 8.48. The summed E-state index contributed by atoms with van der Waals surface area (Å²) in [5.74, 6) is -0.0194. The molecule has 128 valence electrons. The Labute approximate surface area is 150 Å². The highest BCUT2D eigenvalue weighted by Gasteiger charge is 2.10. The maximum absolute atomic E-state index is 11.4. The molecule has 0 aliphatic rings. The SMILES string of the molecule is C=C(SC(=C)/C(C)=C(/CCCc1ccccc1C)N=CC)C(C)=O. The molecule has 0 aliphatic heterocycles. The highest BCUT2D eigenvalue weighted by molar-refractivity contribution is 8.07. The van der Waals surface area contributed by atoms with Crippen LogP contribution in [0.5, 0.6) is 0 Å². The van der Waals surface area contributed by atoms with Gasteiger partial charge in [-0.1, -0.05) is 49.2 Å².